The van der Waals surface area contributed by atoms with E-state index in [0.717, 1.165) is 38.5 Å². The number of carbonyl (C=O) groups excluding carboxylic acids is 1. The van der Waals surface area contributed by atoms with E-state index in [-0.39, 0.29) is 23.9 Å². The number of fused-ring (bicyclic) bond motifs is 1. The summed E-state index contributed by atoms with van der Waals surface area (Å²) in [5.74, 6) is 0.608. The van der Waals surface area contributed by atoms with Crippen LogP contribution in [-0.4, -0.2) is 53.0 Å². The highest BCUT2D eigenvalue weighted by molar-refractivity contribution is 5.56. The Balaban J connectivity index is 0.00000109. The molecule has 0 aromatic carbocycles. The van der Waals surface area contributed by atoms with E-state index in [0.29, 0.717) is 11.6 Å². The van der Waals surface area contributed by atoms with Gasteiger partial charge in [-0.05, 0) is 38.5 Å². The Morgan fingerprint density at radius 1 is 1.29 bits per heavy atom. The molecule has 1 aliphatic carbocycles. The molecule has 3 heterocycles. The number of hydrogen-bond donors (Lipinski definition) is 3. The molecule has 3 N–H and O–H groups in total. The highest BCUT2D eigenvalue weighted by Crippen LogP contribution is 2.31. The van der Waals surface area contributed by atoms with E-state index in [4.69, 9.17) is 9.84 Å². The van der Waals surface area contributed by atoms with Gasteiger partial charge in [0.15, 0.2) is 0 Å². The van der Waals surface area contributed by atoms with Crippen LogP contribution in [0.4, 0.5) is 5.69 Å². The van der Waals surface area contributed by atoms with Crippen LogP contribution in [0, 0.1) is 5.92 Å². The maximum Gasteiger partial charge on any atom is 0.277 e. The van der Waals surface area contributed by atoms with E-state index in [2.05, 4.69) is 15.6 Å². The molecular formula is C20H32N4O4. The Hall–Kier alpha value is -1.77. The number of carbonyl (C=O) groups is 1. The number of aliphatic hydroxyl groups excluding tert-OH is 1. The number of ether oxygens (including phenoxy) is 1. The Kier molecular flexibility index (Phi) is 7.20. The monoisotopic (exact) mass is 392 g/mol. The fourth-order valence-corrected chi connectivity index (χ4v) is 4.49. The topological polar surface area (TPSA) is 105 Å². The number of aryl methyl sites for hydroxylation is 1. The minimum atomic E-state index is -0.512. The molecule has 4 unspecified atom stereocenters. The molecule has 4 atom stereocenters. The first kappa shape index (κ1) is 21.0. The van der Waals surface area contributed by atoms with Crippen LogP contribution in [0.15, 0.2) is 11.1 Å². The molecule has 1 aromatic rings. The summed E-state index contributed by atoms with van der Waals surface area (Å²) in [5, 5.41) is 13.9. The molecule has 156 valence electrons. The molecule has 8 heteroatoms. The van der Waals surface area contributed by atoms with Gasteiger partial charge in [0.05, 0.1) is 30.2 Å². The van der Waals surface area contributed by atoms with E-state index in [1.807, 2.05) is 0 Å². The number of aliphatic hydroxyl groups is 1. The SMILES string of the molecule is CC(C=O)n1cnc2c(c1=O)NC(C1CNC(C3CCCCC3)O1)CC2.CO. The molecule has 2 fully saturated rings. The Labute approximate surface area is 165 Å². The standard InChI is InChI=1S/C19H28N4O3.CH4O/c1-12(10-24)23-11-21-15-8-7-14(22-17(15)19(23)25)16-9-20-18(26-16)13-5-3-2-4-6-13;1-2/h10-14,16,18,20,22H,2-9H2,1H3;2H,1H3. The van der Waals surface area contributed by atoms with Gasteiger partial charge in [-0.2, -0.15) is 0 Å². The molecule has 3 aliphatic rings. The third-order valence-corrected chi connectivity index (χ3v) is 6.10. The molecule has 2 aliphatic heterocycles. The van der Waals surface area contributed by atoms with Crippen LogP contribution in [0.5, 0.6) is 0 Å². The van der Waals surface area contributed by atoms with Gasteiger partial charge in [0, 0.05) is 13.7 Å². The second-order valence-electron chi connectivity index (χ2n) is 7.85. The second kappa shape index (κ2) is 9.62. The predicted octanol–water partition coefficient (Wildman–Crippen LogP) is 1.23. The summed E-state index contributed by atoms with van der Waals surface area (Å²) in [6, 6.07) is -0.414. The maximum absolute atomic E-state index is 12.7. The molecule has 0 spiro atoms. The molecule has 0 radical (unpaired) electrons. The lowest BCUT2D eigenvalue weighted by atomic mass is 9.88. The van der Waals surface area contributed by atoms with Crippen molar-refractivity contribution in [1.29, 1.82) is 0 Å². The smallest absolute Gasteiger partial charge is 0.277 e. The van der Waals surface area contributed by atoms with Crippen molar-refractivity contribution in [3.63, 3.8) is 0 Å². The lowest BCUT2D eigenvalue weighted by Crippen LogP contribution is -2.42. The van der Waals surface area contributed by atoms with Crippen molar-refractivity contribution in [2.75, 3.05) is 19.0 Å². The fraction of sp³-hybridized carbons (Fsp3) is 0.750. The van der Waals surface area contributed by atoms with Gasteiger partial charge < -0.3 is 20.0 Å². The number of nitrogens with zero attached hydrogens (tertiary/aromatic N) is 2. The normalized spacial score (nSPS) is 28.5. The van der Waals surface area contributed by atoms with Crippen molar-refractivity contribution in [2.45, 2.75) is 76.3 Å². The number of aldehydes is 1. The quantitative estimate of drug-likeness (QED) is 0.662. The predicted molar refractivity (Wildman–Crippen MR) is 106 cm³/mol. The van der Waals surface area contributed by atoms with Crippen molar-refractivity contribution in [2.24, 2.45) is 5.92 Å². The number of hydrogen-bond acceptors (Lipinski definition) is 7. The van der Waals surface area contributed by atoms with Crippen LogP contribution < -0.4 is 16.2 Å². The number of rotatable bonds is 4. The number of aromatic nitrogens is 2. The van der Waals surface area contributed by atoms with Crippen LogP contribution in [0.25, 0.3) is 0 Å². The molecule has 8 nitrogen and oxygen atoms in total. The maximum atomic E-state index is 12.7. The lowest BCUT2D eigenvalue weighted by Gasteiger charge is -2.31. The first-order valence-corrected chi connectivity index (χ1v) is 10.3. The van der Waals surface area contributed by atoms with Crippen molar-refractivity contribution in [3.05, 3.63) is 22.4 Å². The lowest BCUT2D eigenvalue weighted by molar-refractivity contribution is -0.110. The number of nitrogens with one attached hydrogen (secondary N) is 2. The number of anilines is 1. The first-order chi connectivity index (χ1) is 13.7. The average Bonchev–Trinajstić information content (AvgIpc) is 3.26. The van der Waals surface area contributed by atoms with Gasteiger partial charge in [0.2, 0.25) is 0 Å². The van der Waals surface area contributed by atoms with Crippen molar-refractivity contribution in [1.82, 2.24) is 14.9 Å². The highest BCUT2D eigenvalue weighted by atomic mass is 16.5. The second-order valence-corrected chi connectivity index (χ2v) is 7.85. The van der Waals surface area contributed by atoms with Gasteiger partial charge in [-0.3, -0.25) is 14.7 Å². The van der Waals surface area contributed by atoms with Gasteiger partial charge in [0.25, 0.3) is 5.56 Å². The van der Waals surface area contributed by atoms with Crippen molar-refractivity contribution >= 4 is 12.0 Å². The summed E-state index contributed by atoms with van der Waals surface area (Å²) in [4.78, 5) is 28.2. The van der Waals surface area contributed by atoms with Gasteiger partial charge in [-0.15, -0.1) is 0 Å². The van der Waals surface area contributed by atoms with Crippen molar-refractivity contribution < 1.29 is 14.6 Å². The van der Waals surface area contributed by atoms with E-state index < -0.39 is 6.04 Å². The van der Waals surface area contributed by atoms with Gasteiger partial charge in [0.1, 0.15) is 18.2 Å². The van der Waals surface area contributed by atoms with E-state index in [1.54, 1.807) is 6.92 Å². The molecule has 1 saturated carbocycles. The summed E-state index contributed by atoms with van der Waals surface area (Å²) < 4.78 is 7.72. The van der Waals surface area contributed by atoms with Crippen LogP contribution >= 0.6 is 0 Å². The zero-order valence-electron chi connectivity index (χ0n) is 16.8. The Bertz CT molecular complexity index is 717. The highest BCUT2D eigenvalue weighted by Gasteiger charge is 2.37. The van der Waals surface area contributed by atoms with E-state index in [9.17, 15) is 9.59 Å². The molecule has 1 aromatic heterocycles. The van der Waals surface area contributed by atoms with Crippen molar-refractivity contribution in [3.8, 4) is 0 Å². The third-order valence-electron chi connectivity index (χ3n) is 6.10. The molecule has 1 saturated heterocycles. The molecule has 28 heavy (non-hydrogen) atoms. The van der Waals surface area contributed by atoms with E-state index in [1.165, 1.54) is 43.0 Å². The Morgan fingerprint density at radius 3 is 2.75 bits per heavy atom. The van der Waals surface area contributed by atoms with Gasteiger partial charge in [-0.25, -0.2) is 4.98 Å². The summed E-state index contributed by atoms with van der Waals surface area (Å²) in [6.45, 7) is 2.51. The molecule has 0 amide bonds. The molecule has 0 bridgehead atoms. The summed E-state index contributed by atoms with van der Waals surface area (Å²) in [5.41, 5.74) is 1.15. The molecular weight excluding hydrogens is 360 g/mol. The summed E-state index contributed by atoms with van der Waals surface area (Å²) in [6.07, 6.45) is 10.5. The third kappa shape index (κ3) is 4.29. The largest absolute Gasteiger partial charge is 0.400 e. The Morgan fingerprint density at radius 2 is 2.04 bits per heavy atom. The van der Waals surface area contributed by atoms with Crippen LogP contribution in [-0.2, 0) is 16.0 Å². The van der Waals surface area contributed by atoms with Crippen LogP contribution in [0.3, 0.4) is 0 Å². The summed E-state index contributed by atoms with van der Waals surface area (Å²) >= 11 is 0. The van der Waals surface area contributed by atoms with Gasteiger partial charge >= 0.3 is 0 Å². The molecule has 4 rings (SSSR count). The van der Waals surface area contributed by atoms with E-state index >= 15 is 0 Å². The van der Waals surface area contributed by atoms with Crippen LogP contribution in [0.2, 0.25) is 0 Å². The fourth-order valence-electron chi connectivity index (χ4n) is 4.49. The summed E-state index contributed by atoms with van der Waals surface area (Å²) in [7, 11) is 1.00. The zero-order valence-corrected chi connectivity index (χ0v) is 16.8. The van der Waals surface area contributed by atoms with Gasteiger partial charge in [-0.1, -0.05) is 19.3 Å². The minimum Gasteiger partial charge on any atom is -0.400 e. The average molecular weight is 393 g/mol. The first-order valence-electron chi connectivity index (χ1n) is 10.3. The zero-order chi connectivity index (χ0) is 20.1. The van der Waals surface area contributed by atoms with Crippen LogP contribution in [0.1, 0.15) is 57.2 Å². The minimum absolute atomic E-state index is 0.0617.